The Labute approximate surface area is 177 Å². The summed E-state index contributed by atoms with van der Waals surface area (Å²) >= 11 is 6.35. The third-order valence-electron chi connectivity index (χ3n) is 4.57. The van der Waals surface area contributed by atoms with Gasteiger partial charge in [-0.25, -0.2) is 0 Å². The summed E-state index contributed by atoms with van der Waals surface area (Å²) in [4.78, 5) is 30.4. The summed E-state index contributed by atoms with van der Waals surface area (Å²) in [7, 11) is -4.03. The van der Waals surface area contributed by atoms with Crippen LogP contribution >= 0.6 is 19.2 Å². The SMILES string of the molecule is CCOP(=O)(OCC)c1c(-c2ccccc2Cl)oc2c1C(=O)c1cccnc1C2=O. The number of aromatic nitrogens is 1. The standard InChI is InChI=1S/C21H17ClNO6P/c1-3-27-30(26,28-4-2)21-15-17(24)13-9-7-11-23-16(13)18(25)20(15)29-19(21)12-8-5-6-10-14(12)22/h5-11H,3-4H2,1-2H3. The van der Waals surface area contributed by atoms with Crippen LogP contribution < -0.4 is 5.30 Å². The number of pyridine rings is 1. The van der Waals surface area contributed by atoms with E-state index < -0.39 is 19.2 Å². The molecule has 1 aliphatic carbocycles. The first kappa shape index (κ1) is 20.7. The Kier molecular flexibility index (Phi) is 5.47. The Bertz CT molecular complexity index is 1210. The summed E-state index contributed by atoms with van der Waals surface area (Å²) in [5.74, 6) is -1.37. The Morgan fingerprint density at radius 2 is 1.63 bits per heavy atom. The zero-order valence-corrected chi connectivity index (χ0v) is 17.8. The van der Waals surface area contributed by atoms with Crippen LogP contribution in [0.3, 0.4) is 0 Å². The minimum atomic E-state index is -4.03. The molecule has 0 atom stereocenters. The lowest BCUT2D eigenvalue weighted by atomic mass is 9.92. The molecule has 0 saturated carbocycles. The van der Waals surface area contributed by atoms with E-state index in [2.05, 4.69) is 4.98 Å². The third-order valence-corrected chi connectivity index (χ3v) is 7.07. The molecule has 3 aromatic rings. The minimum absolute atomic E-state index is 0.00494. The first-order chi connectivity index (χ1) is 14.4. The minimum Gasteiger partial charge on any atom is -0.451 e. The van der Waals surface area contributed by atoms with Crippen LogP contribution in [0.1, 0.15) is 46.0 Å². The van der Waals surface area contributed by atoms with Crippen molar-refractivity contribution in [2.24, 2.45) is 0 Å². The molecule has 0 saturated heterocycles. The van der Waals surface area contributed by atoms with Crippen LogP contribution in [-0.4, -0.2) is 29.8 Å². The van der Waals surface area contributed by atoms with Gasteiger partial charge >= 0.3 is 7.60 Å². The molecule has 0 N–H and O–H groups in total. The summed E-state index contributed by atoms with van der Waals surface area (Å²) in [6.45, 7) is 3.41. The Hall–Kier alpha value is -2.57. The summed E-state index contributed by atoms with van der Waals surface area (Å²) in [5, 5.41) is 0.196. The number of benzene rings is 1. The van der Waals surface area contributed by atoms with Crippen LogP contribution in [0.5, 0.6) is 0 Å². The van der Waals surface area contributed by atoms with Crippen LogP contribution in [-0.2, 0) is 13.6 Å². The molecular weight excluding hydrogens is 429 g/mol. The second kappa shape index (κ2) is 7.93. The van der Waals surface area contributed by atoms with Gasteiger partial charge in [0.1, 0.15) is 11.0 Å². The average Bonchev–Trinajstić information content (AvgIpc) is 3.14. The molecule has 2 heterocycles. The maximum absolute atomic E-state index is 13.8. The number of nitrogens with zero attached hydrogens (tertiary/aromatic N) is 1. The van der Waals surface area contributed by atoms with Gasteiger partial charge in [-0.05, 0) is 38.1 Å². The summed E-state index contributed by atoms with van der Waals surface area (Å²) in [6.07, 6.45) is 1.42. The number of hydrogen-bond acceptors (Lipinski definition) is 7. The van der Waals surface area contributed by atoms with Crippen LogP contribution in [0.2, 0.25) is 5.02 Å². The van der Waals surface area contributed by atoms with Gasteiger partial charge in [0, 0.05) is 11.8 Å². The monoisotopic (exact) mass is 445 g/mol. The summed E-state index contributed by atoms with van der Waals surface area (Å²) in [5.41, 5.74) is 0.299. The highest BCUT2D eigenvalue weighted by atomic mass is 35.5. The quantitative estimate of drug-likeness (QED) is 0.398. The predicted octanol–water partition coefficient (Wildman–Crippen LogP) is 4.66. The highest BCUT2D eigenvalue weighted by Gasteiger charge is 2.46. The molecule has 9 heteroatoms. The van der Waals surface area contributed by atoms with Gasteiger partial charge in [0.15, 0.2) is 17.3 Å². The van der Waals surface area contributed by atoms with Crippen molar-refractivity contribution in [1.82, 2.24) is 4.98 Å². The van der Waals surface area contributed by atoms with Crippen molar-refractivity contribution >= 4 is 36.1 Å². The van der Waals surface area contributed by atoms with Crippen LogP contribution in [0.4, 0.5) is 0 Å². The number of furan rings is 1. The van der Waals surface area contributed by atoms with E-state index >= 15 is 0 Å². The first-order valence-corrected chi connectivity index (χ1v) is 11.2. The number of rotatable bonds is 6. The molecule has 0 unspecified atom stereocenters. The Balaban J connectivity index is 2.09. The van der Waals surface area contributed by atoms with Crippen LogP contribution in [0.15, 0.2) is 47.0 Å². The van der Waals surface area contributed by atoms with Gasteiger partial charge in [-0.15, -0.1) is 0 Å². The van der Waals surface area contributed by atoms with E-state index in [1.54, 1.807) is 44.2 Å². The largest absolute Gasteiger partial charge is 0.451 e. The van der Waals surface area contributed by atoms with Gasteiger partial charge < -0.3 is 13.5 Å². The fourth-order valence-corrected chi connectivity index (χ4v) is 5.53. The predicted molar refractivity (Wildman–Crippen MR) is 111 cm³/mol. The Morgan fingerprint density at radius 1 is 0.967 bits per heavy atom. The number of halogens is 1. The van der Waals surface area contributed by atoms with E-state index in [1.165, 1.54) is 12.3 Å². The lowest BCUT2D eigenvalue weighted by Crippen LogP contribution is -2.27. The van der Waals surface area contributed by atoms with Crippen molar-refractivity contribution in [2.45, 2.75) is 13.8 Å². The van der Waals surface area contributed by atoms with Crippen LogP contribution in [0.25, 0.3) is 11.3 Å². The van der Waals surface area contributed by atoms with Crippen molar-refractivity contribution < 1.29 is 27.6 Å². The molecule has 0 aliphatic heterocycles. The number of ketones is 2. The van der Waals surface area contributed by atoms with E-state index in [4.69, 9.17) is 25.1 Å². The zero-order valence-electron chi connectivity index (χ0n) is 16.2. The highest BCUT2D eigenvalue weighted by Crippen LogP contribution is 2.53. The molecule has 30 heavy (non-hydrogen) atoms. The van der Waals surface area contributed by atoms with Gasteiger partial charge in [-0.1, -0.05) is 23.7 Å². The average molecular weight is 446 g/mol. The molecule has 1 aliphatic rings. The van der Waals surface area contributed by atoms with Gasteiger partial charge in [-0.2, -0.15) is 0 Å². The molecule has 0 amide bonds. The molecule has 154 valence electrons. The highest BCUT2D eigenvalue weighted by molar-refractivity contribution is 7.62. The second-order valence-corrected chi connectivity index (χ2v) is 8.72. The molecule has 7 nitrogen and oxygen atoms in total. The van der Waals surface area contributed by atoms with Gasteiger partial charge in [-0.3, -0.25) is 19.1 Å². The molecular formula is C21H17ClNO6P. The van der Waals surface area contributed by atoms with Crippen LogP contribution in [0, 0.1) is 0 Å². The molecule has 0 bridgehead atoms. The van der Waals surface area contributed by atoms with Crippen molar-refractivity contribution in [1.29, 1.82) is 0 Å². The molecule has 0 spiro atoms. The molecule has 0 radical (unpaired) electrons. The van der Waals surface area contributed by atoms with E-state index in [0.29, 0.717) is 10.6 Å². The van der Waals surface area contributed by atoms with E-state index in [-0.39, 0.29) is 46.9 Å². The van der Waals surface area contributed by atoms with Gasteiger partial charge in [0.05, 0.1) is 29.4 Å². The fraction of sp³-hybridized carbons (Fsp3) is 0.190. The van der Waals surface area contributed by atoms with Crippen molar-refractivity contribution in [3.8, 4) is 11.3 Å². The molecule has 1 aromatic carbocycles. The van der Waals surface area contributed by atoms with Gasteiger partial charge in [0.25, 0.3) is 0 Å². The van der Waals surface area contributed by atoms with E-state index in [1.807, 2.05) is 0 Å². The topological polar surface area (TPSA) is 95.7 Å². The number of fused-ring (bicyclic) bond motifs is 2. The third kappa shape index (κ3) is 3.15. The van der Waals surface area contributed by atoms with E-state index in [0.717, 1.165) is 0 Å². The summed E-state index contributed by atoms with van der Waals surface area (Å²) < 4.78 is 30.7. The zero-order chi connectivity index (χ0) is 21.5. The van der Waals surface area contributed by atoms with Gasteiger partial charge in [0.2, 0.25) is 5.78 Å². The van der Waals surface area contributed by atoms with Crippen molar-refractivity contribution in [3.63, 3.8) is 0 Å². The smallest absolute Gasteiger partial charge is 0.366 e. The fourth-order valence-electron chi connectivity index (χ4n) is 3.40. The second-order valence-electron chi connectivity index (χ2n) is 6.35. The van der Waals surface area contributed by atoms with Crippen molar-refractivity contribution in [3.05, 3.63) is 70.2 Å². The molecule has 2 aromatic heterocycles. The summed E-state index contributed by atoms with van der Waals surface area (Å²) in [6, 6.07) is 9.72. The molecule has 0 fully saturated rings. The van der Waals surface area contributed by atoms with E-state index in [9.17, 15) is 14.2 Å². The van der Waals surface area contributed by atoms with Crippen molar-refractivity contribution in [2.75, 3.05) is 13.2 Å². The maximum atomic E-state index is 13.8. The normalized spacial score (nSPS) is 13.3. The number of carbonyl (C=O) groups excluding carboxylic acids is 2. The molecule has 4 rings (SSSR count). The first-order valence-electron chi connectivity index (χ1n) is 9.28. The number of carbonyl (C=O) groups is 2. The maximum Gasteiger partial charge on any atom is 0.366 e. The lowest BCUT2D eigenvalue weighted by Gasteiger charge is -2.19. The number of hydrogen-bond donors (Lipinski definition) is 0. The lowest BCUT2D eigenvalue weighted by molar-refractivity contribution is 0.0957. The Morgan fingerprint density at radius 3 is 2.30 bits per heavy atom.